The SMILES string of the molecule is Cc1ccc(COc2c(C=NN3C(=O)[C@@H]4[C@H](C3=O)[C@H]3C=C[C@H]4C3)cc(Br)cc2[N+](=O)[O-])cc1. The van der Waals surface area contributed by atoms with Gasteiger partial charge in [0.1, 0.15) is 6.61 Å². The Morgan fingerprint density at radius 2 is 1.79 bits per heavy atom. The van der Waals surface area contributed by atoms with E-state index in [-0.39, 0.29) is 53.5 Å². The lowest BCUT2D eigenvalue weighted by Crippen LogP contribution is -2.28. The molecule has 1 heterocycles. The monoisotopic (exact) mass is 509 g/mol. The van der Waals surface area contributed by atoms with Crippen LogP contribution in [0.5, 0.6) is 5.75 Å². The van der Waals surface area contributed by atoms with E-state index in [4.69, 9.17) is 4.74 Å². The largest absolute Gasteiger partial charge is 0.481 e. The first-order valence-corrected chi connectivity index (χ1v) is 11.4. The van der Waals surface area contributed by atoms with E-state index in [1.807, 2.05) is 43.3 Å². The number of imide groups is 1. The molecule has 0 unspecified atom stereocenters. The Balaban J connectivity index is 1.44. The molecular weight excluding hydrogens is 490 g/mol. The minimum Gasteiger partial charge on any atom is -0.481 e. The van der Waals surface area contributed by atoms with Crippen LogP contribution in [0.2, 0.25) is 0 Å². The third kappa shape index (κ3) is 3.76. The second kappa shape index (κ2) is 8.22. The van der Waals surface area contributed by atoms with Gasteiger partial charge in [-0.05, 0) is 36.8 Å². The van der Waals surface area contributed by atoms with E-state index in [0.29, 0.717) is 10.0 Å². The van der Waals surface area contributed by atoms with Crippen molar-refractivity contribution in [2.75, 3.05) is 0 Å². The van der Waals surface area contributed by atoms with Gasteiger partial charge < -0.3 is 4.74 Å². The molecule has 0 N–H and O–H groups in total. The Morgan fingerprint density at radius 3 is 2.39 bits per heavy atom. The van der Waals surface area contributed by atoms with Crippen LogP contribution >= 0.6 is 15.9 Å². The average molecular weight is 510 g/mol. The van der Waals surface area contributed by atoms with E-state index < -0.39 is 4.92 Å². The molecule has 2 aromatic rings. The van der Waals surface area contributed by atoms with Crippen molar-refractivity contribution in [3.8, 4) is 5.75 Å². The molecule has 2 amide bonds. The molecule has 5 rings (SSSR count). The Labute approximate surface area is 198 Å². The second-order valence-corrected chi connectivity index (χ2v) is 9.52. The van der Waals surface area contributed by atoms with Gasteiger partial charge in [0.2, 0.25) is 5.75 Å². The average Bonchev–Trinajstić information content (AvgIpc) is 3.46. The number of nitrogens with zero attached hydrogens (tertiary/aromatic N) is 3. The Hall–Kier alpha value is -3.33. The summed E-state index contributed by atoms with van der Waals surface area (Å²) in [5.41, 5.74) is 1.99. The molecule has 3 aliphatic rings. The van der Waals surface area contributed by atoms with Crippen LogP contribution in [-0.4, -0.2) is 28.0 Å². The summed E-state index contributed by atoms with van der Waals surface area (Å²) in [5.74, 6) is -1.17. The van der Waals surface area contributed by atoms with Crippen LogP contribution in [0.15, 0.2) is 58.1 Å². The van der Waals surface area contributed by atoms with Crippen molar-refractivity contribution in [1.82, 2.24) is 5.01 Å². The highest BCUT2D eigenvalue weighted by atomic mass is 79.9. The summed E-state index contributed by atoms with van der Waals surface area (Å²) in [5, 5.41) is 16.8. The number of hydrazone groups is 1. The van der Waals surface area contributed by atoms with Crippen LogP contribution < -0.4 is 4.74 Å². The van der Waals surface area contributed by atoms with Gasteiger partial charge in [0.25, 0.3) is 11.8 Å². The number of aryl methyl sites for hydroxylation is 1. The predicted molar refractivity (Wildman–Crippen MR) is 123 cm³/mol. The molecular formula is C24H20BrN3O5. The number of halogens is 1. The maximum absolute atomic E-state index is 12.9. The third-order valence-electron chi connectivity index (χ3n) is 6.52. The number of ether oxygens (including phenoxy) is 1. The molecule has 9 heteroatoms. The van der Waals surface area contributed by atoms with Gasteiger partial charge in [0, 0.05) is 16.1 Å². The quantitative estimate of drug-likeness (QED) is 0.189. The molecule has 33 heavy (non-hydrogen) atoms. The highest BCUT2D eigenvalue weighted by molar-refractivity contribution is 9.10. The fourth-order valence-corrected chi connectivity index (χ4v) is 5.41. The smallest absolute Gasteiger partial charge is 0.312 e. The maximum atomic E-state index is 12.9. The van der Waals surface area contributed by atoms with Gasteiger partial charge in [0.15, 0.2) is 0 Å². The number of amides is 2. The number of carbonyl (C=O) groups excluding carboxylic acids is 2. The first kappa shape index (κ1) is 21.5. The molecule has 2 fully saturated rings. The molecule has 0 aromatic heterocycles. The van der Waals surface area contributed by atoms with E-state index in [1.165, 1.54) is 12.3 Å². The molecule has 8 nitrogen and oxygen atoms in total. The van der Waals surface area contributed by atoms with Crippen molar-refractivity contribution in [2.24, 2.45) is 28.8 Å². The first-order valence-electron chi connectivity index (χ1n) is 10.6. The highest BCUT2D eigenvalue weighted by Crippen LogP contribution is 2.52. The van der Waals surface area contributed by atoms with E-state index >= 15 is 0 Å². The standard InChI is InChI=1S/C24H20BrN3O5/c1-13-2-4-14(5-3-13)12-33-22-17(9-18(25)10-19(22)28(31)32)11-26-27-23(29)20-15-6-7-16(8-15)21(20)24(27)30/h2-7,9-11,15-16,20-21H,8,12H2,1H3/t15-,16-,20-,21+/m0/s1. The lowest BCUT2D eigenvalue weighted by Gasteiger charge is -2.13. The summed E-state index contributed by atoms with van der Waals surface area (Å²) in [7, 11) is 0. The Kier molecular flexibility index (Phi) is 5.36. The first-order chi connectivity index (χ1) is 15.8. The van der Waals surface area contributed by atoms with E-state index in [1.54, 1.807) is 6.07 Å². The summed E-state index contributed by atoms with van der Waals surface area (Å²) in [6.45, 7) is 2.08. The zero-order chi connectivity index (χ0) is 23.3. The molecule has 1 saturated carbocycles. The number of carbonyl (C=O) groups is 2. The molecule has 1 aliphatic heterocycles. The molecule has 2 aromatic carbocycles. The van der Waals surface area contributed by atoms with Crippen LogP contribution in [0.4, 0.5) is 5.69 Å². The lowest BCUT2D eigenvalue weighted by atomic mass is 9.85. The normalized spacial score (nSPS) is 25.3. The number of allylic oxidation sites excluding steroid dienone is 2. The molecule has 168 valence electrons. The number of nitro groups is 1. The van der Waals surface area contributed by atoms with Gasteiger partial charge in [0.05, 0.1) is 23.0 Å². The van der Waals surface area contributed by atoms with Crippen LogP contribution in [0.1, 0.15) is 23.1 Å². The van der Waals surface area contributed by atoms with Crippen molar-refractivity contribution in [3.05, 3.63) is 79.8 Å². The number of fused-ring (bicyclic) bond motifs is 5. The van der Waals surface area contributed by atoms with Gasteiger partial charge in [-0.2, -0.15) is 10.1 Å². The van der Waals surface area contributed by atoms with E-state index in [9.17, 15) is 19.7 Å². The van der Waals surface area contributed by atoms with Gasteiger partial charge in [-0.3, -0.25) is 19.7 Å². The number of hydrogen-bond donors (Lipinski definition) is 0. The van der Waals surface area contributed by atoms with Gasteiger partial charge in [-0.1, -0.05) is 57.9 Å². The summed E-state index contributed by atoms with van der Waals surface area (Å²) in [6.07, 6.45) is 6.14. The summed E-state index contributed by atoms with van der Waals surface area (Å²) < 4.78 is 6.30. The van der Waals surface area contributed by atoms with Crippen molar-refractivity contribution in [1.29, 1.82) is 0 Å². The van der Waals surface area contributed by atoms with Gasteiger partial charge in [-0.25, -0.2) is 0 Å². The number of rotatable bonds is 6. The van der Waals surface area contributed by atoms with Gasteiger partial charge >= 0.3 is 5.69 Å². The van der Waals surface area contributed by atoms with Crippen LogP contribution in [0.25, 0.3) is 0 Å². The maximum Gasteiger partial charge on any atom is 0.312 e. The van der Waals surface area contributed by atoms with Gasteiger partial charge in [-0.15, -0.1) is 0 Å². The lowest BCUT2D eigenvalue weighted by molar-refractivity contribution is -0.386. The van der Waals surface area contributed by atoms with Crippen molar-refractivity contribution < 1.29 is 19.2 Å². The Bertz CT molecular complexity index is 1190. The molecule has 2 bridgehead atoms. The highest BCUT2D eigenvalue weighted by Gasteiger charge is 2.59. The minimum absolute atomic E-state index is 0.0218. The van der Waals surface area contributed by atoms with Crippen molar-refractivity contribution in [3.63, 3.8) is 0 Å². The van der Waals surface area contributed by atoms with E-state index in [0.717, 1.165) is 22.6 Å². The molecule has 0 spiro atoms. The number of nitro benzene ring substituents is 1. The number of benzene rings is 2. The van der Waals surface area contributed by atoms with Crippen LogP contribution in [-0.2, 0) is 16.2 Å². The predicted octanol–water partition coefficient (Wildman–Crippen LogP) is 4.39. The number of hydrogen-bond acceptors (Lipinski definition) is 6. The fraction of sp³-hybridized carbons (Fsp3) is 0.292. The molecule has 2 aliphatic carbocycles. The summed E-state index contributed by atoms with van der Waals surface area (Å²) >= 11 is 3.28. The van der Waals surface area contributed by atoms with E-state index in [2.05, 4.69) is 21.0 Å². The molecule has 4 atom stereocenters. The zero-order valence-corrected chi connectivity index (χ0v) is 19.3. The van der Waals surface area contributed by atoms with Crippen molar-refractivity contribution in [2.45, 2.75) is 20.0 Å². The zero-order valence-electron chi connectivity index (χ0n) is 17.7. The topological polar surface area (TPSA) is 102 Å². The van der Waals surface area contributed by atoms with Crippen LogP contribution in [0.3, 0.4) is 0 Å². The third-order valence-corrected chi connectivity index (χ3v) is 6.98. The summed E-state index contributed by atoms with van der Waals surface area (Å²) in [6, 6.07) is 10.6. The van der Waals surface area contributed by atoms with Crippen LogP contribution in [0, 0.1) is 40.7 Å². The Morgan fingerprint density at radius 1 is 1.15 bits per heavy atom. The molecule has 0 radical (unpaired) electrons. The van der Waals surface area contributed by atoms with Crippen molar-refractivity contribution >= 4 is 39.6 Å². The second-order valence-electron chi connectivity index (χ2n) is 8.61. The molecule has 1 saturated heterocycles. The minimum atomic E-state index is -0.535. The summed E-state index contributed by atoms with van der Waals surface area (Å²) in [4.78, 5) is 36.9. The fourth-order valence-electron chi connectivity index (χ4n) is 4.95.